The van der Waals surface area contributed by atoms with Crippen molar-refractivity contribution in [1.29, 1.82) is 0 Å². The molecule has 0 amide bonds. The zero-order chi connectivity index (χ0) is 12.4. The third-order valence-corrected chi connectivity index (χ3v) is 2.69. The highest BCUT2D eigenvalue weighted by molar-refractivity contribution is 5.68. The predicted molar refractivity (Wildman–Crippen MR) is 71.9 cm³/mol. The molecule has 0 aliphatic carbocycles. The van der Waals surface area contributed by atoms with Crippen LogP contribution in [0.1, 0.15) is 40.5 Å². The number of hydrogen-bond acceptors (Lipinski definition) is 2. The van der Waals surface area contributed by atoms with Gasteiger partial charge in [0.05, 0.1) is 6.10 Å². The van der Waals surface area contributed by atoms with Crippen molar-refractivity contribution in [3.05, 3.63) is 24.4 Å². The molecular formula is C14H25NO. The lowest BCUT2D eigenvalue weighted by molar-refractivity contribution is 0.143. The van der Waals surface area contributed by atoms with Crippen molar-refractivity contribution in [3.8, 4) is 0 Å². The first kappa shape index (κ1) is 15.1. The van der Waals surface area contributed by atoms with Crippen LogP contribution >= 0.6 is 0 Å². The summed E-state index contributed by atoms with van der Waals surface area (Å²) >= 11 is 0. The third kappa shape index (κ3) is 5.26. The Balaban J connectivity index is 0.00000106. The van der Waals surface area contributed by atoms with Crippen LogP contribution in [0.25, 0.3) is 0 Å². The number of ether oxygens (including phenoxy) is 1. The Hall–Kier alpha value is -0.890. The van der Waals surface area contributed by atoms with E-state index in [9.17, 15) is 0 Å². The molecule has 0 fully saturated rings. The molecule has 0 spiro atoms. The van der Waals surface area contributed by atoms with Crippen LogP contribution in [0.15, 0.2) is 29.4 Å². The second kappa shape index (κ2) is 8.28. The summed E-state index contributed by atoms with van der Waals surface area (Å²) in [6.45, 7) is 8.35. The summed E-state index contributed by atoms with van der Waals surface area (Å²) in [6.07, 6.45) is 12.3. The summed E-state index contributed by atoms with van der Waals surface area (Å²) < 4.78 is 5.33. The highest BCUT2D eigenvalue weighted by atomic mass is 16.5. The van der Waals surface area contributed by atoms with Crippen molar-refractivity contribution in [2.24, 2.45) is 10.4 Å². The van der Waals surface area contributed by atoms with Gasteiger partial charge in [-0.1, -0.05) is 45.9 Å². The lowest BCUT2D eigenvalue weighted by Crippen LogP contribution is -2.14. The molecule has 92 valence electrons. The summed E-state index contributed by atoms with van der Waals surface area (Å²) in [4.78, 5) is 4.27. The van der Waals surface area contributed by atoms with Gasteiger partial charge in [-0.15, -0.1) is 0 Å². The van der Waals surface area contributed by atoms with E-state index < -0.39 is 0 Å². The number of hydrogen-bond donors (Lipinski definition) is 0. The van der Waals surface area contributed by atoms with Crippen molar-refractivity contribution in [1.82, 2.24) is 0 Å². The van der Waals surface area contributed by atoms with Crippen LogP contribution in [0, 0.1) is 5.41 Å². The molecule has 2 nitrogen and oxygen atoms in total. The Morgan fingerprint density at radius 1 is 1.44 bits per heavy atom. The third-order valence-electron chi connectivity index (χ3n) is 2.69. The van der Waals surface area contributed by atoms with E-state index in [4.69, 9.17) is 4.74 Å². The number of nitrogens with zero attached hydrogens (tertiary/aromatic N) is 1. The summed E-state index contributed by atoms with van der Waals surface area (Å²) in [6, 6.07) is 0. The number of rotatable bonds is 2. The predicted octanol–water partition coefficient (Wildman–Crippen LogP) is 3.99. The fourth-order valence-corrected chi connectivity index (χ4v) is 1.30. The van der Waals surface area contributed by atoms with Gasteiger partial charge in [0.2, 0.25) is 0 Å². The zero-order valence-electron chi connectivity index (χ0n) is 11.2. The van der Waals surface area contributed by atoms with Crippen LogP contribution in [0.4, 0.5) is 0 Å². The van der Waals surface area contributed by atoms with Gasteiger partial charge in [0.25, 0.3) is 0 Å². The van der Waals surface area contributed by atoms with Crippen LogP contribution < -0.4 is 0 Å². The number of aliphatic imine (C=N–C) groups is 1. The summed E-state index contributed by atoms with van der Waals surface area (Å²) in [7, 11) is 1.74. The fourth-order valence-electron chi connectivity index (χ4n) is 1.30. The molecule has 16 heavy (non-hydrogen) atoms. The molecular weight excluding hydrogens is 198 g/mol. The molecule has 1 aliphatic heterocycles. The van der Waals surface area contributed by atoms with Gasteiger partial charge in [-0.25, -0.2) is 0 Å². The SMILES string of the molecule is CC.CCC1(C)C=N/C=C/C[C@H](OC)/C=C/1. The van der Waals surface area contributed by atoms with Gasteiger partial charge in [0, 0.05) is 24.9 Å². The molecule has 0 aromatic heterocycles. The largest absolute Gasteiger partial charge is 0.377 e. The smallest absolute Gasteiger partial charge is 0.0787 e. The van der Waals surface area contributed by atoms with E-state index in [2.05, 4.69) is 31.0 Å². The van der Waals surface area contributed by atoms with Gasteiger partial charge in [0.1, 0.15) is 0 Å². The van der Waals surface area contributed by atoms with E-state index in [1.165, 1.54) is 0 Å². The maximum atomic E-state index is 5.33. The van der Waals surface area contributed by atoms with Gasteiger partial charge in [-0.3, -0.25) is 4.99 Å². The van der Waals surface area contributed by atoms with Crippen molar-refractivity contribution in [3.63, 3.8) is 0 Å². The van der Waals surface area contributed by atoms with Crippen molar-refractivity contribution in [2.45, 2.75) is 46.6 Å². The minimum Gasteiger partial charge on any atom is -0.377 e. The molecule has 0 aromatic rings. The Bertz CT molecular complexity index is 255. The Labute approximate surface area is 100 Å². The molecule has 0 saturated heterocycles. The first-order valence-electron chi connectivity index (χ1n) is 6.11. The molecule has 1 aliphatic rings. The van der Waals surface area contributed by atoms with E-state index in [-0.39, 0.29) is 11.5 Å². The quantitative estimate of drug-likeness (QED) is 0.649. The molecule has 2 heteroatoms. The first-order valence-corrected chi connectivity index (χ1v) is 6.11. The molecule has 0 radical (unpaired) electrons. The fraction of sp³-hybridized carbons (Fsp3) is 0.643. The van der Waals surface area contributed by atoms with E-state index in [1.807, 2.05) is 32.3 Å². The van der Waals surface area contributed by atoms with Crippen LogP contribution in [-0.2, 0) is 4.74 Å². The number of allylic oxidation sites excluding steroid dienone is 1. The van der Waals surface area contributed by atoms with Gasteiger partial charge in [-0.05, 0) is 12.8 Å². The lowest BCUT2D eigenvalue weighted by Gasteiger charge is -2.18. The van der Waals surface area contributed by atoms with Crippen LogP contribution in [-0.4, -0.2) is 19.4 Å². The van der Waals surface area contributed by atoms with Crippen LogP contribution in [0.3, 0.4) is 0 Å². The highest BCUT2D eigenvalue weighted by Gasteiger charge is 2.16. The average Bonchev–Trinajstić information content (AvgIpc) is 2.43. The van der Waals surface area contributed by atoms with Crippen molar-refractivity contribution >= 4 is 6.21 Å². The Morgan fingerprint density at radius 2 is 2.12 bits per heavy atom. The standard InChI is InChI=1S/C12H19NO.C2H6/c1-4-12(2)8-7-11(14-3)6-5-9-13-10-12;1-2/h5,7-11H,4,6H2,1-3H3;1-2H3/b8-7+,9-5+,13-10?;/t11-,12?;/m0./s1. The summed E-state index contributed by atoms with van der Waals surface area (Å²) in [5.74, 6) is 0. The van der Waals surface area contributed by atoms with Gasteiger partial charge in [-0.2, -0.15) is 0 Å². The van der Waals surface area contributed by atoms with E-state index in [1.54, 1.807) is 7.11 Å². The van der Waals surface area contributed by atoms with Crippen molar-refractivity contribution < 1.29 is 4.74 Å². The first-order chi connectivity index (χ1) is 7.70. The van der Waals surface area contributed by atoms with Crippen LogP contribution in [0.5, 0.6) is 0 Å². The normalized spacial score (nSPS) is 32.7. The Morgan fingerprint density at radius 3 is 2.69 bits per heavy atom. The Kier molecular flexibility index (Phi) is 7.82. The minimum atomic E-state index is 0.0610. The number of methoxy groups -OCH3 is 1. The second-order valence-corrected chi connectivity index (χ2v) is 3.89. The second-order valence-electron chi connectivity index (χ2n) is 3.89. The molecule has 0 N–H and O–H groups in total. The van der Waals surface area contributed by atoms with E-state index >= 15 is 0 Å². The average molecular weight is 223 g/mol. The zero-order valence-corrected chi connectivity index (χ0v) is 11.2. The molecule has 1 rings (SSSR count). The summed E-state index contributed by atoms with van der Waals surface area (Å²) in [5, 5.41) is 0. The molecule has 0 bridgehead atoms. The van der Waals surface area contributed by atoms with Crippen molar-refractivity contribution in [2.75, 3.05) is 7.11 Å². The molecule has 2 atom stereocenters. The van der Waals surface area contributed by atoms with Gasteiger partial charge in [0.15, 0.2) is 0 Å². The molecule has 1 heterocycles. The monoisotopic (exact) mass is 223 g/mol. The maximum Gasteiger partial charge on any atom is 0.0787 e. The topological polar surface area (TPSA) is 21.6 Å². The molecule has 0 saturated carbocycles. The maximum absolute atomic E-state index is 5.33. The lowest BCUT2D eigenvalue weighted by atomic mass is 9.88. The highest BCUT2D eigenvalue weighted by Crippen LogP contribution is 2.22. The van der Waals surface area contributed by atoms with Gasteiger partial charge >= 0.3 is 0 Å². The van der Waals surface area contributed by atoms with Crippen LogP contribution in [0.2, 0.25) is 0 Å². The summed E-state index contributed by atoms with van der Waals surface area (Å²) in [5.41, 5.74) is 0.0610. The molecule has 0 aromatic carbocycles. The molecule has 1 unspecified atom stereocenters. The van der Waals surface area contributed by atoms with E-state index in [0.29, 0.717) is 0 Å². The minimum absolute atomic E-state index is 0.0610. The van der Waals surface area contributed by atoms with E-state index in [0.717, 1.165) is 12.8 Å². The van der Waals surface area contributed by atoms with Gasteiger partial charge < -0.3 is 4.74 Å².